The molecule has 0 bridgehead atoms. The van der Waals surface area contributed by atoms with Crippen LogP contribution in [0, 0.1) is 5.92 Å². The minimum atomic E-state index is -0.288. The van der Waals surface area contributed by atoms with Crippen molar-refractivity contribution < 1.29 is 4.79 Å². The van der Waals surface area contributed by atoms with E-state index < -0.39 is 0 Å². The van der Waals surface area contributed by atoms with E-state index in [2.05, 4.69) is 33.8 Å². The molecule has 1 atom stereocenters. The lowest BCUT2D eigenvalue weighted by atomic mass is 10.0. The summed E-state index contributed by atoms with van der Waals surface area (Å²) in [6.45, 7) is 8.29. The van der Waals surface area contributed by atoms with E-state index in [1.54, 1.807) is 11.0 Å². The van der Waals surface area contributed by atoms with Crippen molar-refractivity contribution in [3.05, 3.63) is 30.9 Å². The topological polar surface area (TPSA) is 72.1 Å². The molecule has 3 rings (SSSR count). The Hall–Kier alpha value is -2.22. The van der Waals surface area contributed by atoms with Gasteiger partial charge in [0.05, 0.1) is 6.54 Å². The van der Waals surface area contributed by atoms with Gasteiger partial charge in [0.25, 0.3) is 0 Å². The van der Waals surface area contributed by atoms with E-state index >= 15 is 0 Å². The van der Waals surface area contributed by atoms with Crippen LogP contribution in [0.25, 0.3) is 0 Å². The molecular formula is C17H27N7O. The Labute approximate surface area is 148 Å². The molecule has 0 unspecified atom stereocenters. The highest BCUT2D eigenvalue weighted by molar-refractivity contribution is 5.80. The number of aromatic nitrogens is 5. The van der Waals surface area contributed by atoms with E-state index in [0.717, 1.165) is 45.0 Å². The van der Waals surface area contributed by atoms with Crippen LogP contribution in [0.4, 0.5) is 0 Å². The molecule has 1 aliphatic heterocycles. The van der Waals surface area contributed by atoms with Crippen molar-refractivity contribution in [3.63, 3.8) is 0 Å². The van der Waals surface area contributed by atoms with Crippen molar-refractivity contribution in [2.75, 3.05) is 26.2 Å². The molecule has 0 aromatic carbocycles. The molecule has 0 N–H and O–H groups in total. The van der Waals surface area contributed by atoms with Crippen LogP contribution in [0.3, 0.4) is 0 Å². The lowest BCUT2D eigenvalue weighted by molar-refractivity contribution is -0.136. The van der Waals surface area contributed by atoms with E-state index in [9.17, 15) is 4.79 Å². The summed E-state index contributed by atoms with van der Waals surface area (Å²) in [6.07, 6.45) is 7.88. The molecule has 0 saturated carbocycles. The second-order valence-corrected chi connectivity index (χ2v) is 6.97. The summed E-state index contributed by atoms with van der Waals surface area (Å²) >= 11 is 0. The van der Waals surface area contributed by atoms with Crippen molar-refractivity contribution in [2.24, 2.45) is 13.0 Å². The molecule has 2 aromatic heterocycles. The number of carbonyl (C=O) groups excluding carboxylic acids is 1. The van der Waals surface area contributed by atoms with Gasteiger partial charge in [0.1, 0.15) is 24.5 Å². The second kappa shape index (κ2) is 7.77. The number of rotatable bonds is 5. The predicted molar refractivity (Wildman–Crippen MR) is 93.6 cm³/mol. The first-order valence-corrected chi connectivity index (χ1v) is 8.87. The van der Waals surface area contributed by atoms with Crippen LogP contribution in [0.15, 0.2) is 25.0 Å². The van der Waals surface area contributed by atoms with Crippen LogP contribution in [-0.2, 0) is 18.4 Å². The zero-order valence-electron chi connectivity index (χ0n) is 15.2. The fraction of sp³-hybridized carbons (Fsp3) is 0.647. The molecule has 1 amide bonds. The van der Waals surface area contributed by atoms with Crippen molar-refractivity contribution >= 4 is 5.91 Å². The Morgan fingerprint density at radius 1 is 1.24 bits per heavy atom. The van der Waals surface area contributed by atoms with Gasteiger partial charge >= 0.3 is 0 Å². The van der Waals surface area contributed by atoms with Crippen LogP contribution < -0.4 is 0 Å². The minimum Gasteiger partial charge on any atom is -0.340 e. The Kier molecular flexibility index (Phi) is 5.47. The zero-order valence-corrected chi connectivity index (χ0v) is 15.2. The monoisotopic (exact) mass is 345 g/mol. The summed E-state index contributed by atoms with van der Waals surface area (Å²) in [5.74, 6) is 1.36. The molecule has 136 valence electrons. The van der Waals surface area contributed by atoms with Gasteiger partial charge in [-0.3, -0.25) is 9.69 Å². The summed E-state index contributed by atoms with van der Waals surface area (Å²) in [4.78, 5) is 25.8. The fourth-order valence-electron chi connectivity index (χ4n) is 3.35. The molecule has 0 spiro atoms. The Bertz CT molecular complexity index is 679. The maximum atomic E-state index is 13.1. The normalized spacial score (nSPS) is 17.7. The molecule has 8 nitrogen and oxygen atoms in total. The molecule has 1 saturated heterocycles. The van der Waals surface area contributed by atoms with Gasteiger partial charge in [-0.05, 0) is 12.3 Å². The third-order valence-corrected chi connectivity index (χ3v) is 4.79. The lowest BCUT2D eigenvalue weighted by Gasteiger charge is -2.28. The van der Waals surface area contributed by atoms with Gasteiger partial charge in [-0.1, -0.05) is 13.8 Å². The SMILES string of the molecule is CC(C)[C@H](C(=O)N1CCCN(Cc2nccn2C)CC1)n1cncn1. The third kappa shape index (κ3) is 4.07. The van der Waals surface area contributed by atoms with Gasteiger partial charge in [-0.15, -0.1) is 0 Å². The molecular weight excluding hydrogens is 318 g/mol. The second-order valence-electron chi connectivity index (χ2n) is 6.97. The van der Waals surface area contributed by atoms with Crippen molar-refractivity contribution in [1.29, 1.82) is 0 Å². The molecule has 2 aromatic rings. The van der Waals surface area contributed by atoms with Crippen LogP contribution in [-0.4, -0.2) is 66.2 Å². The largest absolute Gasteiger partial charge is 0.340 e. The highest BCUT2D eigenvalue weighted by atomic mass is 16.2. The maximum Gasteiger partial charge on any atom is 0.247 e. The van der Waals surface area contributed by atoms with E-state index in [1.807, 2.05) is 28.9 Å². The average molecular weight is 345 g/mol. The molecule has 0 aliphatic carbocycles. The van der Waals surface area contributed by atoms with Crippen LogP contribution in [0.2, 0.25) is 0 Å². The van der Waals surface area contributed by atoms with Gasteiger partial charge in [-0.25, -0.2) is 14.6 Å². The van der Waals surface area contributed by atoms with Crippen LogP contribution >= 0.6 is 0 Å². The number of hydrogen-bond acceptors (Lipinski definition) is 5. The number of amides is 1. The van der Waals surface area contributed by atoms with Crippen LogP contribution in [0.1, 0.15) is 32.1 Å². The predicted octanol–water partition coefficient (Wildman–Crippen LogP) is 0.943. The fourth-order valence-corrected chi connectivity index (χ4v) is 3.35. The van der Waals surface area contributed by atoms with E-state index in [1.165, 1.54) is 6.33 Å². The number of carbonyl (C=O) groups is 1. The molecule has 1 aliphatic rings. The molecule has 3 heterocycles. The Balaban J connectivity index is 1.63. The molecule has 25 heavy (non-hydrogen) atoms. The molecule has 1 fully saturated rings. The third-order valence-electron chi connectivity index (χ3n) is 4.79. The average Bonchev–Trinajstić information content (AvgIpc) is 3.16. The maximum absolute atomic E-state index is 13.1. The Morgan fingerprint density at radius 2 is 2.08 bits per heavy atom. The first kappa shape index (κ1) is 17.6. The van der Waals surface area contributed by atoms with E-state index in [-0.39, 0.29) is 17.9 Å². The number of hydrogen-bond donors (Lipinski definition) is 0. The zero-order chi connectivity index (χ0) is 17.8. The van der Waals surface area contributed by atoms with Crippen molar-refractivity contribution in [3.8, 4) is 0 Å². The summed E-state index contributed by atoms with van der Waals surface area (Å²) in [5, 5.41) is 4.19. The molecule has 8 heteroatoms. The number of imidazole rings is 1. The van der Waals surface area contributed by atoms with Gasteiger partial charge in [-0.2, -0.15) is 5.10 Å². The summed E-state index contributed by atoms with van der Waals surface area (Å²) < 4.78 is 3.73. The standard InChI is InChI=1S/C17H27N7O/c1-14(2)16(24-13-18-12-20-24)17(25)23-7-4-6-22(9-10-23)11-15-19-5-8-21(15)3/h5,8,12-14,16H,4,6-7,9-11H2,1-3H3/t16-/m1/s1. The smallest absolute Gasteiger partial charge is 0.247 e. The highest BCUT2D eigenvalue weighted by Gasteiger charge is 2.30. The quantitative estimate of drug-likeness (QED) is 0.807. The highest BCUT2D eigenvalue weighted by Crippen LogP contribution is 2.20. The minimum absolute atomic E-state index is 0.138. The summed E-state index contributed by atoms with van der Waals surface area (Å²) in [6, 6.07) is -0.288. The summed E-state index contributed by atoms with van der Waals surface area (Å²) in [5.41, 5.74) is 0. The first-order chi connectivity index (χ1) is 12.1. The Morgan fingerprint density at radius 3 is 2.72 bits per heavy atom. The number of aryl methyl sites for hydroxylation is 1. The van der Waals surface area contributed by atoms with Gasteiger partial charge in [0.2, 0.25) is 5.91 Å². The van der Waals surface area contributed by atoms with Crippen molar-refractivity contribution in [2.45, 2.75) is 32.9 Å². The van der Waals surface area contributed by atoms with Crippen LogP contribution in [0.5, 0.6) is 0 Å². The van der Waals surface area contributed by atoms with E-state index in [4.69, 9.17) is 0 Å². The first-order valence-electron chi connectivity index (χ1n) is 8.87. The van der Waals surface area contributed by atoms with Gasteiger partial charge < -0.3 is 9.47 Å². The lowest BCUT2D eigenvalue weighted by Crippen LogP contribution is -2.41. The van der Waals surface area contributed by atoms with Gasteiger partial charge in [0.15, 0.2) is 0 Å². The van der Waals surface area contributed by atoms with E-state index in [0.29, 0.717) is 0 Å². The van der Waals surface area contributed by atoms with Gasteiger partial charge in [0, 0.05) is 45.6 Å². The van der Waals surface area contributed by atoms with Crippen molar-refractivity contribution in [1.82, 2.24) is 34.1 Å². The number of nitrogens with zero attached hydrogens (tertiary/aromatic N) is 7. The summed E-state index contributed by atoms with van der Waals surface area (Å²) in [7, 11) is 2.02. The molecule has 0 radical (unpaired) electrons.